The summed E-state index contributed by atoms with van der Waals surface area (Å²) in [5.41, 5.74) is -1.43. The maximum absolute atomic E-state index is 14.0. The van der Waals surface area contributed by atoms with Gasteiger partial charge in [0.2, 0.25) is 0 Å². The third kappa shape index (κ3) is 4.10. The zero-order valence-corrected chi connectivity index (χ0v) is 16.0. The summed E-state index contributed by atoms with van der Waals surface area (Å²) in [4.78, 5) is 35.1. The summed E-state index contributed by atoms with van der Waals surface area (Å²) in [6.07, 6.45) is 0. The average molecular weight is 435 g/mol. The van der Waals surface area contributed by atoms with E-state index < -0.39 is 28.2 Å². The standard InChI is InChI=1S/C18H12ClFN4O6/c1-2-29-18(26)16-15(21-23-22-16)10-8-9(24(27)28)6-7-13(10)30-17(25)14-11(19)4-3-5-12(14)20/h3-8H,2H2,1H3,(H,21,22,23). The first kappa shape index (κ1) is 20.9. The minimum absolute atomic E-state index is 0.0493. The van der Waals surface area contributed by atoms with Gasteiger partial charge in [0.05, 0.1) is 22.1 Å². The first-order valence-corrected chi connectivity index (χ1v) is 8.74. The van der Waals surface area contributed by atoms with Crippen LogP contribution in [0.25, 0.3) is 11.3 Å². The molecule has 154 valence electrons. The minimum Gasteiger partial charge on any atom is -0.461 e. The molecule has 0 fully saturated rings. The van der Waals surface area contributed by atoms with E-state index in [-0.39, 0.29) is 40.0 Å². The molecule has 1 aromatic heterocycles. The number of carbonyl (C=O) groups is 2. The highest BCUT2D eigenvalue weighted by Crippen LogP contribution is 2.35. The van der Waals surface area contributed by atoms with E-state index in [9.17, 15) is 24.1 Å². The molecule has 30 heavy (non-hydrogen) atoms. The predicted octanol–water partition coefficient (Wildman–Crippen LogP) is 3.57. The summed E-state index contributed by atoms with van der Waals surface area (Å²) in [6.45, 7) is 1.63. The largest absolute Gasteiger partial charge is 0.461 e. The van der Waals surface area contributed by atoms with E-state index in [4.69, 9.17) is 21.1 Å². The van der Waals surface area contributed by atoms with Crippen LogP contribution in [-0.2, 0) is 4.74 Å². The number of aromatic amines is 1. The molecule has 0 aliphatic carbocycles. The van der Waals surface area contributed by atoms with Crippen molar-refractivity contribution in [1.29, 1.82) is 0 Å². The van der Waals surface area contributed by atoms with Crippen LogP contribution in [-0.4, -0.2) is 38.9 Å². The van der Waals surface area contributed by atoms with Gasteiger partial charge >= 0.3 is 11.9 Å². The molecule has 10 nitrogen and oxygen atoms in total. The van der Waals surface area contributed by atoms with Crippen molar-refractivity contribution in [3.8, 4) is 17.0 Å². The van der Waals surface area contributed by atoms with Crippen molar-refractivity contribution < 1.29 is 28.4 Å². The van der Waals surface area contributed by atoms with Crippen molar-refractivity contribution in [3.63, 3.8) is 0 Å². The molecular weight excluding hydrogens is 423 g/mol. The van der Waals surface area contributed by atoms with Crippen LogP contribution in [0.4, 0.5) is 10.1 Å². The van der Waals surface area contributed by atoms with Gasteiger partial charge < -0.3 is 9.47 Å². The molecule has 0 unspecified atom stereocenters. The van der Waals surface area contributed by atoms with Crippen LogP contribution < -0.4 is 4.74 Å². The molecule has 0 saturated heterocycles. The van der Waals surface area contributed by atoms with Crippen molar-refractivity contribution in [3.05, 3.63) is 68.6 Å². The summed E-state index contributed by atoms with van der Waals surface area (Å²) in [5.74, 6) is -3.13. The molecule has 0 amide bonds. The summed E-state index contributed by atoms with van der Waals surface area (Å²) in [5, 5.41) is 20.7. The van der Waals surface area contributed by atoms with Crippen molar-refractivity contribution in [2.24, 2.45) is 0 Å². The van der Waals surface area contributed by atoms with Crippen LogP contribution in [0.1, 0.15) is 27.8 Å². The Balaban J connectivity index is 2.09. The van der Waals surface area contributed by atoms with Crippen molar-refractivity contribution in [1.82, 2.24) is 15.4 Å². The van der Waals surface area contributed by atoms with E-state index in [1.807, 2.05) is 0 Å². The van der Waals surface area contributed by atoms with Gasteiger partial charge in [-0.15, -0.1) is 5.10 Å². The van der Waals surface area contributed by atoms with Crippen LogP contribution in [0.15, 0.2) is 36.4 Å². The fourth-order valence-electron chi connectivity index (χ4n) is 2.51. The number of nitrogens with zero attached hydrogens (tertiary/aromatic N) is 3. The lowest BCUT2D eigenvalue weighted by Crippen LogP contribution is -2.13. The number of hydrogen-bond donors (Lipinski definition) is 1. The number of nitrogens with one attached hydrogen (secondary N) is 1. The Bertz CT molecular complexity index is 1130. The molecule has 0 aliphatic heterocycles. The zero-order valence-electron chi connectivity index (χ0n) is 15.2. The second kappa shape index (κ2) is 8.66. The second-order valence-electron chi connectivity index (χ2n) is 5.67. The highest BCUT2D eigenvalue weighted by Gasteiger charge is 2.26. The van der Waals surface area contributed by atoms with E-state index in [1.165, 1.54) is 12.1 Å². The number of nitro benzene ring substituents is 1. The van der Waals surface area contributed by atoms with E-state index in [2.05, 4.69) is 15.4 Å². The summed E-state index contributed by atoms with van der Waals surface area (Å²) < 4.78 is 24.1. The zero-order chi connectivity index (χ0) is 21.8. The first-order valence-electron chi connectivity index (χ1n) is 8.36. The topological polar surface area (TPSA) is 137 Å². The van der Waals surface area contributed by atoms with Crippen molar-refractivity contribution in [2.75, 3.05) is 6.61 Å². The molecule has 0 saturated carbocycles. The van der Waals surface area contributed by atoms with Crippen molar-refractivity contribution >= 4 is 29.2 Å². The van der Waals surface area contributed by atoms with Gasteiger partial charge in [-0.3, -0.25) is 10.1 Å². The number of ether oxygens (including phenoxy) is 2. The summed E-state index contributed by atoms with van der Waals surface area (Å²) in [6, 6.07) is 6.85. The fraction of sp³-hybridized carbons (Fsp3) is 0.111. The van der Waals surface area contributed by atoms with Gasteiger partial charge in [0.15, 0.2) is 5.69 Å². The molecule has 1 N–H and O–H groups in total. The Hall–Kier alpha value is -3.86. The molecular formula is C18H12ClFN4O6. The van der Waals surface area contributed by atoms with Gasteiger partial charge in [0.25, 0.3) is 5.69 Å². The quantitative estimate of drug-likeness (QED) is 0.269. The van der Waals surface area contributed by atoms with Gasteiger partial charge in [0, 0.05) is 12.1 Å². The molecule has 0 bridgehead atoms. The Morgan fingerprint density at radius 2 is 2.00 bits per heavy atom. The van der Waals surface area contributed by atoms with Gasteiger partial charge in [-0.2, -0.15) is 10.3 Å². The number of carbonyl (C=O) groups excluding carboxylic acids is 2. The van der Waals surface area contributed by atoms with Crippen molar-refractivity contribution in [2.45, 2.75) is 6.92 Å². The van der Waals surface area contributed by atoms with E-state index in [0.29, 0.717) is 0 Å². The van der Waals surface area contributed by atoms with Crippen LogP contribution in [0, 0.1) is 15.9 Å². The Kier molecular flexibility index (Phi) is 6.02. The first-order chi connectivity index (χ1) is 14.3. The van der Waals surface area contributed by atoms with Crippen LogP contribution in [0.3, 0.4) is 0 Å². The number of esters is 2. The molecule has 2 aromatic carbocycles. The molecule has 3 aromatic rings. The molecule has 0 radical (unpaired) electrons. The second-order valence-corrected chi connectivity index (χ2v) is 6.07. The monoisotopic (exact) mass is 434 g/mol. The number of nitro groups is 1. The molecule has 0 atom stereocenters. The highest BCUT2D eigenvalue weighted by molar-refractivity contribution is 6.33. The third-order valence-electron chi connectivity index (χ3n) is 3.82. The van der Waals surface area contributed by atoms with Gasteiger partial charge in [-0.05, 0) is 25.1 Å². The fourth-order valence-corrected chi connectivity index (χ4v) is 2.75. The number of rotatable bonds is 6. The molecule has 0 aliphatic rings. The van der Waals surface area contributed by atoms with Gasteiger partial charge in [0.1, 0.15) is 22.8 Å². The average Bonchev–Trinajstić information content (AvgIpc) is 3.18. The van der Waals surface area contributed by atoms with Crippen LogP contribution in [0.5, 0.6) is 5.75 Å². The lowest BCUT2D eigenvalue weighted by molar-refractivity contribution is -0.384. The number of non-ortho nitro benzene ring substituents is 1. The van der Waals surface area contributed by atoms with Crippen LogP contribution >= 0.6 is 11.6 Å². The lowest BCUT2D eigenvalue weighted by Gasteiger charge is -2.10. The number of hydrogen-bond acceptors (Lipinski definition) is 8. The maximum atomic E-state index is 14.0. The maximum Gasteiger partial charge on any atom is 0.361 e. The number of aromatic nitrogens is 3. The Morgan fingerprint density at radius 3 is 2.67 bits per heavy atom. The van der Waals surface area contributed by atoms with Gasteiger partial charge in [-0.1, -0.05) is 17.7 Å². The van der Waals surface area contributed by atoms with E-state index >= 15 is 0 Å². The number of H-pyrrole nitrogens is 1. The normalized spacial score (nSPS) is 10.5. The molecule has 12 heteroatoms. The molecule has 1 heterocycles. The SMILES string of the molecule is CCOC(=O)c1n[nH]nc1-c1cc([N+](=O)[O-])ccc1OC(=O)c1c(F)cccc1Cl. The third-order valence-corrected chi connectivity index (χ3v) is 4.13. The van der Waals surface area contributed by atoms with E-state index in [1.54, 1.807) is 6.92 Å². The van der Waals surface area contributed by atoms with Crippen LogP contribution in [0.2, 0.25) is 5.02 Å². The number of benzene rings is 2. The Morgan fingerprint density at radius 1 is 1.23 bits per heavy atom. The smallest absolute Gasteiger partial charge is 0.361 e. The number of halogens is 2. The van der Waals surface area contributed by atoms with E-state index in [0.717, 1.165) is 24.3 Å². The summed E-state index contributed by atoms with van der Waals surface area (Å²) >= 11 is 5.88. The van der Waals surface area contributed by atoms with Gasteiger partial charge in [-0.25, -0.2) is 14.0 Å². The highest BCUT2D eigenvalue weighted by atomic mass is 35.5. The minimum atomic E-state index is -1.14. The Labute approximate surface area is 172 Å². The molecule has 3 rings (SSSR count). The summed E-state index contributed by atoms with van der Waals surface area (Å²) in [7, 11) is 0. The lowest BCUT2D eigenvalue weighted by atomic mass is 10.1. The molecule has 0 spiro atoms. The predicted molar refractivity (Wildman–Crippen MR) is 101 cm³/mol.